The van der Waals surface area contributed by atoms with Gasteiger partial charge in [-0.1, -0.05) is 0 Å². The zero-order chi connectivity index (χ0) is 20.6. The summed E-state index contributed by atoms with van der Waals surface area (Å²) in [6, 6.07) is 6.72. The number of pyridine rings is 1. The van der Waals surface area contributed by atoms with Crippen molar-refractivity contribution in [2.75, 3.05) is 7.11 Å². The summed E-state index contributed by atoms with van der Waals surface area (Å²) in [4.78, 5) is 20.2. The molecule has 29 heavy (non-hydrogen) atoms. The van der Waals surface area contributed by atoms with Crippen molar-refractivity contribution in [2.24, 2.45) is 4.99 Å². The molecular formula is C19H14F3N5O2. The summed E-state index contributed by atoms with van der Waals surface area (Å²) in [6.45, 7) is 0.0852. The molecule has 3 aromatic rings. The second kappa shape index (κ2) is 7.12. The van der Waals surface area contributed by atoms with Crippen LogP contribution in [0.2, 0.25) is 0 Å². The SMILES string of the molecule is COC(=O)Cc1nnc2n1-c1ccc(C(F)(F)F)cc1C(c1ccncc1)=NC2. The van der Waals surface area contributed by atoms with Crippen molar-refractivity contribution in [1.82, 2.24) is 19.7 Å². The average molecular weight is 401 g/mol. The predicted molar refractivity (Wildman–Crippen MR) is 95.7 cm³/mol. The molecule has 4 rings (SSSR count). The molecule has 0 unspecified atom stereocenters. The molecule has 10 heteroatoms. The lowest BCUT2D eigenvalue weighted by Gasteiger charge is -2.16. The first kappa shape index (κ1) is 18.8. The zero-order valence-electron chi connectivity index (χ0n) is 15.1. The maximum atomic E-state index is 13.4. The molecule has 0 fully saturated rings. The molecule has 0 atom stereocenters. The molecule has 2 aromatic heterocycles. The molecule has 0 bridgehead atoms. The van der Waals surface area contributed by atoms with E-state index in [0.717, 1.165) is 12.1 Å². The highest BCUT2D eigenvalue weighted by atomic mass is 19.4. The molecule has 0 radical (unpaired) electrons. The Balaban J connectivity index is 1.94. The second-order valence-electron chi connectivity index (χ2n) is 6.25. The van der Waals surface area contributed by atoms with Crippen LogP contribution in [-0.4, -0.2) is 38.5 Å². The van der Waals surface area contributed by atoms with Crippen molar-refractivity contribution in [1.29, 1.82) is 0 Å². The van der Waals surface area contributed by atoms with Crippen LogP contribution in [0.25, 0.3) is 5.69 Å². The van der Waals surface area contributed by atoms with Crippen LogP contribution in [0.4, 0.5) is 13.2 Å². The van der Waals surface area contributed by atoms with Crippen LogP contribution in [0.5, 0.6) is 0 Å². The van der Waals surface area contributed by atoms with E-state index < -0.39 is 17.7 Å². The van der Waals surface area contributed by atoms with E-state index in [1.807, 2.05) is 0 Å². The quantitative estimate of drug-likeness (QED) is 0.631. The van der Waals surface area contributed by atoms with E-state index in [9.17, 15) is 18.0 Å². The van der Waals surface area contributed by atoms with Gasteiger partial charge >= 0.3 is 12.1 Å². The van der Waals surface area contributed by atoms with Gasteiger partial charge in [0.25, 0.3) is 0 Å². The lowest BCUT2D eigenvalue weighted by molar-refractivity contribution is -0.140. The molecule has 148 valence electrons. The molecule has 0 amide bonds. The van der Waals surface area contributed by atoms with Crippen LogP contribution in [-0.2, 0) is 28.7 Å². The first-order valence-corrected chi connectivity index (χ1v) is 8.55. The number of benzene rings is 1. The molecule has 1 aromatic carbocycles. The molecule has 7 nitrogen and oxygen atoms in total. The van der Waals surface area contributed by atoms with Gasteiger partial charge in [0.2, 0.25) is 0 Å². The third-order valence-corrected chi connectivity index (χ3v) is 4.48. The monoisotopic (exact) mass is 401 g/mol. The van der Waals surface area contributed by atoms with Gasteiger partial charge in [0.15, 0.2) is 5.82 Å². The van der Waals surface area contributed by atoms with Crippen LogP contribution >= 0.6 is 0 Å². The summed E-state index contributed by atoms with van der Waals surface area (Å²) in [7, 11) is 1.25. The van der Waals surface area contributed by atoms with E-state index in [1.54, 1.807) is 29.1 Å². The van der Waals surface area contributed by atoms with E-state index in [4.69, 9.17) is 0 Å². The van der Waals surface area contributed by atoms with Gasteiger partial charge in [-0.3, -0.25) is 19.3 Å². The number of carbonyl (C=O) groups excluding carboxylic acids is 1. The number of aromatic nitrogens is 4. The number of rotatable bonds is 3. The minimum Gasteiger partial charge on any atom is -0.469 e. The highest BCUT2D eigenvalue weighted by Gasteiger charge is 2.33. The Morgan fingerprint density at radius 2 is 1.93 bits per heavy atom. The van der Waals surface area contributed by atoms with Crippen molar-refractivity contribution in [2.45, 2.75) is 19.1 Å². The third-order valence-electron chi connectivity index (χ3n) is 4.48. The Kier molecular flexibility index (Phi) is 4.61. The number of carbonyl (C=O) groups is 1. The Morgan fingerprint density at radius 3 is 2.62 bits per heavy atom. The summed E-state index contributed by atoms with van der Waals surface area (Å²) in [5.74, 6) is 0.140. The summed E-state index contributed by atoms with van der Waals surface area (Å²) in [5.41, 5.74) is 0.863. The van der Waals surface area contributed by atoms with Gasteiger partial charge in [-0.2, -0.15) is 13.2 Å². The van der Waals surface area contributed by atoms with Crippen LogP contribution in [0.3, 0.4) is 0 Å². The van der Waals surface area contributed by atoms with E-state index in [0.29, 0.717) is 22.8 Å². The molecule has 0 saturated heterocycles. The standard InChI is InChI=1S/C19H14F3N5O2/c1-29-17(28)9-15-25-26-16-10-24-18(11-4-6-23-7-5-11)13-8-12(19(20,21)22)2-3-14(13)27(15)16/h2-8H,9-10H2,1H3. The molecular weight excluding hydrogens is 387 g/mol. The number of hydrogen-bond acceptors (Lipinski definition) is 6. The van der Waals surface area contributed by atoms with Gasteiger partial charge in [0.05, 0.1) is 24.1 Å². The minimum atomic E-state index is -4.52. The third kappa shape index (κ3) is 3.48. The fraction of sp³-hybridized carbons (Fsp3) is 0.211. The highest BCUT2D eigenvalue weighted by molar-refractivity contribution is 6.15. The summed E-state index contributed by atoms with van der Waals surface area (Å²) < 4.78 is 46.4. The lowest BCUT2D eigenvalue weighted by Crippen LogP contribution is -2.15. The maximum absolute atomic E-state index is 13.4. The lowest BCUT2D eigenvalue weighted by atomic mass is 9.98. The van der Waals surface area contributed by atoms with Gasteiger partial charge in [0, 0.05) is 23.5 Å². The fourth-order valence-electron chi connectivity index (χ4n) is 3.14. The Bertz CT molecular complexity index is 1110. The van der Waals surface area contributed by atoms with Crippen LogP contribution in [0.15, 0.2) is 47.7 Å². The van der Waals surface area contributed by atoms with Gasteiger partial charge in [-0.05, 0) is 30.3 Å². The normalized spacial score (nSPS) is 13.2. The second-order valence-corrected chi connectivity index (χ2v) is 6.25. The van der Waals surface area contributed by atoms with Crippen molar-refractivity contribution in [3.05, 3.63) is 71.1 Å². The molecule has 0 saturated carbocycles. The van der Waals surface area contributed by atoms with Crippen molar-refractivity contribution in [3.63, 3.8) is 0 Å². The first-order valence-electron chi connectivity index (χ1n) is 8.55. The van der Waals surface area contributed by atoms with Gasteiger partial charge in [0.1, 0.15) is 18.8 Å². The Labute approximate surface area is 162 Å². The molecule has 1 aliphatic rings. The number of fused-ring (bicyclic) bond motifs is 3. The molecule has 0 aliphatic carbocycles. The number of nitrogens with zero attached hydrogens (tertiary/aromatic N) is 5. The summed E-state index contributed by atoms with van der Waals surface area (Å²) >= 11 is 0. The van der Waals surface area contributed by atoms with Gasteiger partial charge in [-0.15, -0.1) is 10.2 Å². The van der Waals surface area contributed by atoms with E-state index in [1.165, 1.54) is 13.2 Å². The number of aliphatic imine (C=N–C) groups is 1. The van der Waals surface area contributed by atoms with Gasteiger partial charge in [-0.25, -0.2) is 0 Å². The van der Waals surface area contributed by atoms with Gasteiger partial charge < -0.3 is 4.74 Å². The number of esters is 1. The summed E-state index contributed by atoms with van der Waals surface area (Å²) in [6.07, 6.45) is -1.61. The smallest absolute Gasteiger partial charge is 0.416 e. The van der Waals surface area contributed by atoms with E-state index in [-0.39, 0.29) is 24.4 Å². The van der Waals surface area contributed by atoms with Crippen molar-refractivity contribution in [3.8, 4) is 5.69 Å². The zero-order valence-corrected chi connectivity index (χ0v) is 15.1. The van der Waals surface area contributed by atoms with Crippen LogP contribution < -0.4 is 0 Å². The van der Waals surface area contributed by atoms with Crippen LogP contribution in [0, 0.1) is 0 Å². The Morgan fingerprint density at radius 1 is 1.17 bits per heavy atom. The molecule has 3 heterocycles. The average Bonchev–Trinajstić information content (AvgIpc) is 3.02. The summed E-state index contributed by atoms with van der Waals surface area (Å²) in [5, 5.41) is 8.07. The number of ether oxygens (including phenoxy) is 1. The first-order chi connectivity index (χ1) is 13.9. The Hall–Kier alpha value is -3.56. The largest absolute Gasteiger partial charge is 0.469 e. The molecule has 0 spiro atoms. The predicted octanol–water partition coefficient (Wildman–Crippen LogP) is 2.75. The molecule has 1 aliphatic heterocycles. The topological polar surface area (TPSA) is 82.3 Å². The van der Waals surface area contributed by atoms with Crippen LogP contribution in [0.1, 0.15) is 28.3 Å². The number of hydrogen-bond donors (Lipinski definition) is 0. The highest BCUT2D eigenvalue weighted by Crippen LogP contribution is 2.34. The van der Waals surface area contributed by atoms with Crippen molar-refractivity contribution < 1.29 is 22.7 Å². The number of methoxy groups -OCH3 is 1. The molecule has 0 N–H and O–H groups in total. The van der Waals surface area contributed by atoms with E-state index in [2.05, 4.69) is 24.9 Å². The number of alkyl halides is 3. The maximum Gasteiger partial charge on any atom is 0.416 e. The number of halogens is 3. The van der Waals surface area contributed by atoms with E-state index >= 15 is 0 Å². The fourth-order valence-corrected chi connectivity index (χ4v) is 3.14. The minimum absolute atomic E-state index is 0.0852. The van der Waals surface area contributed by atoms with Crippen molar-refractivity contribution >= 4 is 11.7 Å².